The molecular weight excluding hydrogens is 354 g/mol. The van der Waals surface area contributed by atoms with Crippen LogP contribution in [0.5, 0.6) is 0 Å². The van der Waals surface area contributed by atoms with Crippen LogP contribution in [0.4, 0.5) is 13.6 Å². The number of benzene rings is 2. The minimum Gasteiger partial charge on any atom is -0.434 e. The molecule has 2 amide bonds. The maximum absolute atomic E-state index is 14.3. The van der Waals surface area contributed by atoms with Crippen LogP contribution in [-0.2, 0) is 9.53 Å². The maximum atomic E-state index is 14.3. The van der Waals surface area contributed by atoms with E-state index in [1.807, 2.05) is 0 Å². The summed E-state index contributed by atoms with van der Waals surface area (Å²) in [6.07, 6.45) is -1.75. The Bertz CT molecular complexity index is 814. The molecule has 1 aliphatic heterocycles. The number of halogens is 3. The van der Waals surface area contributed by atoms with E-state index in [2.05, 4.69) is 10.6 Å². The molecule has 2 atom stereocenters. The highest BCUT2D eigenvalue weighted by atomic mass is 35.5. The van der Waals surface area contributed by atoms with E-state index in [-0.39, 0.29) is 12.1 Å². The third-order valence-electron chi connectivity index (χ3n) is 3.76. The predicted octanol–water partition coefficient (Wildman–Crippen LogP) is 2.93. The molecule has 2 aromatic carbocycles. The Morgan fingerprint density at radius 1 is 1.24 bits per heavy atom. The normalized spacial score (nSPS) is 17.6. The lowest BCUT2D eigenvalue weighted by Gasteiger charge is -2.22. The van der Waals surface area contributed by atoms with Crippen molar-refractivity contribution in [2.24, 2.45) is 0 Å². The van der Waals surface area contributed by atoms with Crippen LogP contribution in [0.3, 0.4) is 0 Å². The van der Waals surface area contributed by atoms with Crippen LogP contribution in [0.15, 0.2) is 42.5 Å². The highest BCUT2D eigenvalue weighted by molar-refractivity contribution is 6.30. The summed E-state index contributed by atoms with van der Waals surface area (Å²) >= 11 is 5.86. The molecule has 1 saturated heterocycles. The lowest BCUT2D eigenvalue weighted by Crippen LogP contribution is -2.39. The molecule has 0 bridgehead atoms. The van der Waals surface area contributed by atoms with Crippen molar-refractivity contribution in [3.8, 4) is 0 Å². The number of amides is 2. The van der Waals surface area contributed by atoms with Gasteiger partial charge >= 0.3 is 6.09 Å². The Labute approximate surface area is 146 Å². The number of carbonyl (C=O) groups is 2. The molecule has 1 heterocycles. The molecule has 5 nitrogen and oxygen atoms in total. The Morgan fingerprint density at radius 3 is 2.60 bits per heavy atom. The van der Waals surface area contributed by atoms with Crippen molar-refractivity contribution in [3.05, 3.63) is 70.2 Å². The van der Waals surface area contributed by atoms with Crippen molar-refractivity contribution in [1.82, 2.24) is 10.6 Å². The van der Waals surface area contributed by atoms with Gasteiger partial charge in [0.15, 0.2) is 17.7 Å². The van der Waals surface area contributed by atoms with E-state index >= 15 is 0 Å². The van der Waals surface area contributed by atoms with Crippen LogP contribution >= 0.6 is 11.6 Å². The van der Waals surface area contributed by atoms with Crippen LogP contribution in [0, 0.1) is 11.6 Å². The van der Waals surface area contributed by atoms with Crippen molar-refractivity contribution in [2.75, 3.05) is 6.54 Å². The molecule has 130 valence electrons. The van der Waals surface area contributed by atoms with Gasteiger partial charge in [0.25, 0.3) is 5.91 Å². The Morgan fingerprint density at radius 2 is 1.96 bits per heavy atom. The van der Waals surface area contributed by atoms with Crippen LogP contribution in [-0.4, -0.2) is 24.6 Å². The van der Waals surface area contributed by atoms with E-state index in [1.165, 1.54) is 12.1 Å². The fraction of sp³-hybridized carbons (Fsp3) is 0.176. The molecule has 25 heavy (non-hydrogen) atoms. The molecule has 2 N–H and O–H groups in total. The second-order valence-corrected chi connectivity index (χ2v) is 5.85. The number of rotatable bonds is 4. The molecule has 0 spiro atoms. The number of hydrogen-bond acceptors (Lipinski definition) is 3. The Hall–Kier alpha value is -2.67. The maximum Gasteiger partial charge on any atom is 0.408 e. The van der Waals surface area contributed by atoms with E-state index in [0.29, 0.717) is 10.6 Å². The molecule has 8 heteroatoms. The van der Waals surface area contributed by atoms with Crippen molar-refractivity contribution in [3.63, 3.8) is 0 Å². The van der Waals surface area contributed by atoms with Gasteiger partial charge in [-0.05, 0) is 23.8 Å². The zero-order chi connectivity index (χ0) is 18.0. The minimum atomic E-state index is -1.07. The summed E-state index contributed by atoms with van der Waals surface area (Å²) in [5.41, 5.74) is 0.451. The van der Waals surface area contributed by atoms with Gasteiger partial charge in [-0.1, -0.05) is 35.9 Å². The van der Waals surface area contributed by atoms with Crippen molar-refractivity contribution in [1.29, 1.82) is 0 Å². The van der Waals surface area contributed by atoms with Gasteiger partial charge < -0.3 is 15.4 Å². The summed E-state index contributed by atoms with van der Waals surface area (Å²) in [4.78, 5) is 23.4. The van der Waals surface area contributed by atoms with E-state index in [9.17, 15) is 18.4 Å². The number of ether oxygens (including phenoxy) is 1. The topological polar surface area (TPSA) is 67.4 Å². The van der Waals surface area contributed by atoms with Crippen molar-refractivity contribution >= 4 is 23.6 Å². The first-order chi connectivity index (χ1) is 12.0. The van der Waals surface area contributed by atoms with Crippen LogP contribution < -0.4 is 10.6 Å². The summed E-state index contributed by atoms with van der Waals surface area (Å²) in [6.45, 7) is 0.00361. The fourth-order valence-electron chi connectivity index (χ4n) is 2.51. The summed E-state index contributed by atoms with van der Waals surface area (Å²) in [7, 11) is 0. The molecular formula is C17H13ClF2N2O3. The minimum absolute atomic E-state index is 0.00361. The third-order valence-corrected chi connectivity index (χ3v) is 4.01. The van der Waals surface area contributed by atoms with Gasteiger partial charge in [-0.25, -0.2) is 13.6 Å². The van der Waals surface area contributed by atoms with Crippen LogP contribution in [0.25, 0.3) is 0 Å². The Balaban J connectivity index is 1.94. The molecule has 1 unspecified atom stereocenters. The molecule has 0 aromatic heterocycles. The lowest BCUT2D eigenvalue weighted by molar-refractivity contribution is -0.128. The number of hydrogen-bond donors (Lipinski definition) is 2. The van der Waals surface area contributed by atoms with Gasteiger partial charge in [-0.15, -0.1) is 0 Å². The molecule has 3 rings (SSSR count). The van der Waals surface area contributed by atoms with Gasteiger partial charge in [-0.3, -0.25) is 4.79 Å². The predicted molar refractivity (Wildman–Crippen MR) is 86.1 cm³/mol. The summed E-state index contributed by atoms with van der Waals surface area (Å²) in [5, 5.41) is 5.41. The average Bonchev–Trinajstić information content (AvgIpc) is 3.03. The zero-order valence-corrected chi connectivity index (χ0v) is 13.5. The van der Waals surface area contributed by atoms with Crippen LogP contribution in [0.1, 0.15) is 17.2 Å². The second-order valence-electron chi connectivity index (χ2n) is 5.41. The van der Waals surface area contributed by atoms with E-state index in [4.69, 9.17) is 16.3 Å². The van der Waals surface area contributed by atoms with Crippen molar-refractivity contribution < 1.29 is 23.1 Å². The highest BCUT2D eigenvalue weighted by Gasteiger charge is 2.32. The molecule has 1 aliphatic rings. The molecule has 0 saturated carbocycles. The standard InChI is InChI=1S/C17H13ClF2N2O3/c18-10-6-4-9(5-7-10)15(11-2-1-3-12(19)14(11)20)22-16(23)13-8-21-17(24)25-13/h1-7,13,15H,8H2,(H,21,24)(H,22,23)/t13?,15-/m1/s1. The van der Waals surface area contributed by atoms with E-state index < -0.39 is 35.8 Å². The average molecular weight is 367 g/mol. The third kappa shape index (κ3) is 3.71. The fourth-order valence-corrected chi connectivity index (χ4v) is 2.64. The largest absolute Gasteiger partial charge is 0.434 e. The first kappa shape index (κ1) is 17.2. The second kappa shape index (κ2) is 7.06. The number of alkyl carbamates (subject to hydrolysis) is 1. The van der Waals surface area contributed by atoms with Crippen molar-refractivity contribution in [2.45, 2.75) is 12.1 Å². The monoisotopic (exact) mass is 366 g/mol. The Kier molecular flexibility index (Phi) is 4.85. The van der Waals surface area contributed by atoms with Gasteiger partial charge in [0.05, 0.1) is 12.6 Å². The smallest absolute Gasteiger partial charge is 0.408 e. The lowest BCUT2D eigenvalue weighted by atomic mass is 9.97. The molecule has 0 radical (unpaired) electrons. The zero-order valence-electron chi connectivity index (χ0n) is 12.8. The van der Waals surface area contributed by atoms with E-state index in [0.717, 1.165) is 6.07 Å². The first-order valence-electron chi connectivity index (χ1n) is 7.40. The molecule has 1 fully saturated rings. The number of carbonyl (C=O) groups excluding carboxylic acids is 2. The molecule has 2 aromatic rings. The van der Waals surface area contributed by atoms with Gasteiger partial charge in [-0.2, -0.15) is 0 Å². The summed E-state index contributed by atoms with van der Waals surface area (Å²) in [5.74, 6) is -2.72. The van der Waals surface area contributed by atoms with Crippen LogP contribution in [0.2, 0.25) is 5.02 Å². The van der Waals surface area contributed by atoms with E-state index in [1.54, 1.807) is 24.3 Å². The number of cyclic esters (lactones) is 1. The molecule has 0 aliphatic carbocycles. The summed E-state index contributed by atoms with van der Waals surface area (Å²) < 4.78 is 32.7. The van der Waals surface area contributed by atoms with Gasteiger partial charge in [0, 0.05) is 10.6 Å². The first-order valence-corrected chi connectivity index (χ1v) is 7.77. The van der Waals surface area contributed by atoms with Gasteiger partial charge in [0.2, 0.25) is 0 Å². The summed E-state index contributed by atoms with van der Waals surface area (Å²) in [6, 6.07) is 9.07. The SMILES string of the molecule is O=C1NCC(C(=O)N[C@H](c2ccc(Cl)cc2)c2cccc(F)c2F)O1. The number of nitrogens with one attached hydrogen (secondary N) is 2. The highest BCUT2D eigenvalue weighted by Crippen LogP contribution is 2.27. The quantitative estimate of drug-likeness (QED) is 0.874. The van der Waals surface area contributed by atoms with Gasteiger partial charge in [0.1, 0.15) is 0 Å².